The van der Waals surface area contributed by atoms with Crippen molar-refractivity contribution in [2.45, 2.75) is 221 Å². The summed E-state index contributed by atoms with van der Waals surface area (Å²) in [5.74, 6) is 0. The lowest BCUT2D eigenvalue weighted by atomic mass is 9.33. The molecular formula is C106H111BN4. The van der Waals surface area contributed by atoms with Gasteiger partial charge in [0.2, 0.25) is 0 Å². The second-order valence-electron chi connectivity index (χ2n) is 41.5. The molecule has 2 aromatic heterocycles. The normalized spacial score (nSPS) is 16.2. The molecule has 2 aliphatic carbocycles. The van der Waals surface area contributed by atoms with Gasteiger partial charge in [-0.15, -0.1) is 0 Å². The average molecular weight is 1450 g/mol. The van der Waals surface area contributed by atoms with Gasteiger partial charge >= 0.3 is 0 Å². The van der Waals surface area contributed by atoms with Crippen molar-refractivity contribution in [1.82, 2.24) is 9.13 Å². The molecule has 12 aromatic carbocycles. The van der Waals surface area contributed by atoms with E-state index in [1.165, 1.54) is 149 Å². The van der Waals surface area contributed by atoms with Gasteiger partial charge in [-0.25, -0.2) is 0 Å². The molecular weight excluding hydrogens is 1340 g/mol. The molecule has 18 rings (SSSR count). The molecule has 0 bridgehead atoms. The van der Waals surface area contributed by atoms with Crippen LogP contribution in [0.25, 0.3) is 88.4 Å². The smallest absolute Gasteiger partial charge is 0.252 e. The van der Waals surface area contributed by atoms with Crippen molar-refractivity contribution in [2.24, 2.45) is 0 Å². The Bertz CT molecular complexity index is 6080. The van der Waals surface area contributed by atoms with E-state index in [2.05, 4.69) is 409 Å². The summed E-state index contributed by atoms with van der Waals surface area (Å²) in [7, 11) is 0. The van der Waals surface area contributed by atoms with Crippen LogP contribution in [-0.2, 0) is 48.7 Å². The second kappa shape index (κ2) is 24.2. The fourth-order valence-electron chi connectivity index (χ4n) is 20.5. The third-order valence-corrected chi connectivity index (χ3v) is 26.3. The quantitative estimate of drug-likeness (QED) is 0.148. The van der Waals surface area contributed by atoms with Crippen molar-refractivity contribution in [3.05, 3.63) is 281 Å². The molecule has 14 aromatic rings. The summed E-state index contributed by atoms with van der Waals surface area (Å²) in [6, 6.07) is 92.4. The highest BCUT2D eigenvalue weighted by atomic mass is 15.2. The number of fused-ring (bicyclic) bond motifs is 12. The molecule has 0 N–H and O–H groups in total. The van der Waals surface area contributed by atoms with E-state index >= 15 is 0 Å². The van der Waals surface area contributed by atoms with Crippen LogP contribution in [0.2, 0.25) is 0 Å². The monoisotopic (exact) mass is 1450 g/mol. The van der Waals surface area contributed by atoms with E-state index < -0.39 is 0 Å². The van der Waals surface area contributed by atoms with Crippen LogP contribution in [0.4, 0.5) is 34.1 Å². The van der Waals surface area contributed by atoms with Gasteiger partial charge in [0.05, 0.1) is 27.8 Å². The number of anilines is 6. The van der Waals surface area contributed by atoms with Gasteiger partial charge in [-0.05, 0) is 265 Å². The number of nitrogens with zero attached hydrogens (tertiary/aromatic N) is 4. The Morgan fingerprint density at radius 3 is 0.955 bits per heavy atom. The molecule has 0 atom stereocenters. The van der Waals surface area contributed by atoms with E-state index in [0.717, 1.165) is 52.7 Å². The lowest BCUT2D eigenvalue weighted by molar-refractivity contribution is 0.402. The fourth-order valence-corrected chi connectivity index (χ4v) is 20.5. The van der Waals surface area contributed by atoms with Gasteiger partial charge in [-0.3, -0.25) is 0 Å². The van der Waals surface area contributed by atoms with E-state index in [9.17, 15) is 0 Å². The SMILES string of the molecule is CC(C)(C)c1cccc(-c2ccc3c(c2)N(c2ccc(-c4ccc5c(c4)C(C)(C)CC5(C)C)cc2)c2cc(-n4c5ccc(C(C)(C)C)cc5c5cc(C(C)(C)C)ccc54)cc4c2B3c2ccc(-n3c5ccc(C(C)(C)C)cc5c5cc(C(C)(C)C)ccc53)cc2N4c2ccc(-c3ccc4c(c3)C(C)(C)CC4(C)C)cc2)c1. The van der Waals surface area contributed by atoms with Gasteiger partial charge in [0.25, 0.3) is 6.71 Å². The molecule has 0 saturated carbocycles. The maximum absolute atomic E-state index is 2.66. The zero-order valence-corrected chi connectivity index (χ0v) is 70.2. The molecule has 4 nitrogen and oxygen atoms in total. The van der Waals surface area contributed by atoms with E-state index in [4.69, 9.17) is 0 Å². The van der Waals surface area contributed by atoms with E-state index in [1.807, 2.05) is 0 Å². The van der Waals surface area contributed by atoms with Crippen molar-refractivity contribution >= 4 is 101 Å². The van der Waals surface area contributed by atoms with Gasteiger partial charge in [0.1, 0.15) is 0 Å². The molecule has 4 aliphatic rings. The van der Waals surface area contributed by atoms with Crippen molar-refractivity contribution in [3.63, 3.8) is 0 Å². The molecule has 558 valence electrons. The first-order valence-electron chi connectivity index (χ1n) is 41.0. The van der Waals surface area contributed by atoms with Crippen LogP contribution in [0.15, 0.2) is 231 Å². The van der Waals surface area contributed by atoms with Crippen molar-refractivity contribution in [3.8, 4) is 44.8 Å². The van der Waals surface area contributed by atoms with E-state index in [-0.39, 0.29) is 55.4 Å². The molecule has 0 fully saturated rings. The minimum Gasteiger partial charge on any atom is -0.311 e. The van der Waals surface area contributed by atoms with Crippen molar-refractivity contribution < 1.29 is 0 Å². The summed E-state index contributed by atoms with van der Waals surface area (Å²) in [4.78, 5) is 5.32. The van der Waals surface area contributed by atoms with Gasteiger partial charge < -0.3 is 18.9 Å². The maximum Gasteiger partial charge on any atom is 0.252 e. The lowest BCUT2D eigenvalue weighted by Crippen LogP contribution is -2.61. The van der Waals surface area contributed by atoms with Crippen molar-refractivity contribution in [1.29, 1.82) is 0 Å². The zero-order chi connectivity index (χ0) is 78.3. The number of benzene rings is 12. The molecule has 0 unspecified atom stereocenters. The Morgan fingerprint density at radius 2 is 0.559 bits per heavy atom. The highest BCUT2D eigenvalue weighted by molar-refractivity contribution is 7.00. The number of hydrogen-bond donors (Lipinski definition) is 0. The lowest BCUT2D eigenvalue weighted by Gasteiger charge is -2.44. The Labute approximate surface area is 661 Å². The van der Waals surface area contributed by atoms with Crippen LogP contribution >= 0.6 is 0 Å². The Balaban J connectivity index is 0.946. The first-order chi connectivity index (χ1) is 52.1. The average Bonchev–Trinajstić information content (AvgIpc) is 1.27. The van der Waals surface area contributed by atoms with Gasteiger partial charge in [0.15, 0.2) is 0 Å². The second-order valence-corrected chi connectivity index (χ2v) is 41.5. The molecule has 0 saturated heterocycles. The summed E-state index contributed by atoms with van der Waals surface area (Å²) in [5.41, 5.74) is 37.6. The van der Waals surface area contributed by atoms with Crippen LogP contribution in [0, 0.1) is 0 Å². The number of aromatic nitrogens is 2. The zero-order valence-electron chi connectivity index (χ0n) is 70.2. The van der Waals surface area contributed by atoms with Gasteiger partial charge in [-0.1, -0.05) is 287 Å². The largest absolute Gasteiger partial charge is 0.311 e. The predicted molar refractivity (Wildman–Crippen MR) is 480 cm³/mol. The number of hydrogen-bond acceptors (Lipinski definition) is 2. The van der Waals surface area contributed by atoms with Crippen LogP contribution in [0.1, 0.15) is 222 Å². The first kappa shape index (κ1) is 72.4. The minimum atomic E-state index is -0.175. The maximum atomic E-state index is 2.66. The first-order valence-corrected chi connectivity index (χ1v) is 41.0. The van der Waals surface area contributed by atoms with Gasteiger partial charge in [-0.2, -0.15) is 0 Å². The molecule has 5 heteroatoms. The van der Waals surface area contributed by atoms with E-state index in [1.54, 1.807) is 0 Å². The third kappa shape index (κ3) is 11.7. The summed E-state index contributed by atoms with van der Waals surface area (Å²) < 4.78 is 5.17. The van der Waals surface area contributed by atoms with Crippen LogP contribution in [-0.4, -0.2) is 15.8 Å². The number of rotatable bonds is 7. The van der Waals surface area contributed by atoms with E-state index in [0.29, 0.717) is 0 Å². The summed E-state index contributed by atoms with van der Waals surface area (Å²) in [6.07, 6.45) is 2.25. The Hall–Kier alpha value is -10.1. The third-order valence-electron chi connectivity index (χ3n) is 26.3. The molecule has 4 heterocycles. The topological polar surface area (TPSA) is 16.3 Å². The van der Waals surface area contributed by atoms with Crippen LogP contribution < -0.4 is 26.2 Å². The molecule has 111 heavy (non-hydrogen) atoms. The molecule has 0 spiro atoms. The summed E-state index contributed by atoms with van der Waals surface area (Å²) in [6.45, 7) is 54.4. The summed E-state index contributed by atoms with van der Waals surface area (Å²) >= 11 is 0. The Kier molecular flexibility index (Phi) is 15.8. The van der Waals surface area contributed by atoms with Crippen molar-refractivity contribution in [2.75, 3.05) is 9.80 Å². The van der Waals surface area contributed by atoms with Crippen LogP contribution in [0.3, 0.4) is 0 Å². The molecule has 0 amide bonds. The van der Waals surface area contributed by atoms with Gasteiger partial charge in [0, 0.05) is 61.4 Å². The standard InChI is InChI=1S/C106H111BN4/c1-98(2,3)70-26-24-25-66(51-70)69-33-45-87-93(54-69)108(75-38-27-64(28-39-75)67-31-43-83-85(52-67)105(20,21)62-103(83,16)17)95-60-78(111-91-49-36-73(101(10,11)12)57-81(91)82-58-74(102(13,14)15)37-50-92(82)111)61-96-97(95)107(87)88-46-42-77(110-89-47-34-71(99(4,5)6)55-79(89)80-56-72(100(7,8)9)35-48-90(80)110)59-94(88)109(96)76-40-29-65(30-41-76)68-32-44-84-86(53-68)106(22,23)63-104(84,18)19/h24-61H,62-63H2,1-23H3. The summed E-state index contributed by atoms with van der Waals surface area (Å²) in [5, 5.41) is 5.09. The fraction of sp³-hybridized carbons (Fsp3) is 0.321. The molecule has 2 aliphatic heterocycles. The highest BCUT2D eigenvalue weighted by Crippen LogP contribution is 2.54. The highest BCUT2D eigenvalue weighted by Gasteiger charge is 2.47. The van der Waals surface area contributed by atoms with Crippen LogP contribution in [0.5, 0.6) is 0 Å². The predicted octanol–water partition coefficient (Wildman–Crippen LogP) is 27.4. The Morgan fingerprint density at radius 1 is 0.252 bits per heavy atom. The molecule has 0 radical (unpaired) electrons. The minimum absolute atomic E-state index is 0.0407.